The first kappa shape index (κ1) is 36.0. The smallest absolute Gasteiger partial charge is 0.160 e. The van der Waals surface area contributed by atoms with Gasteiger partial charge in [-0.25, -0.2) is 9.97 Å². The van der Waals surface area contributed by atoms with Crippen LogP contribution in [0.4, 0.5) is 0 Å². The lowest BCUT2D eigenvalue weighted by Gasteiger charge is -2.22. The van der Waals surface area contributed by atoms with Gasteiger partial charge in [-0.05, 0) is 109 Å². The number of fused-ring (bicyclic) bond motifs is 7. The van der Waals surface area contributed by atoms with E-state index in [2.05, 4.69) is 196 Å². The number of benzene rings is 9. The Hall–Kier alpha value is -7.88. The van der Waals surface area contributed by atoms with Crippen molar-refractivity contribution in [2.45, 2.75) is 19.3 Å². The second-order valence-corrected chi connectivity index (χ2v) is 16.9. The van der Waals surface area contributed by atoms with Gasteiger partial charge in [-0.3, -0.25) is 0 Å². The molecule has 3 nitrogen and oxygen atoms in total. The van der Waals surface area contributed by atoms with E-state index in [1.165, 1.54) is 38.6 Å². The molecule has 0 amide bonds. The van der Waals surface area contributed by atoms with Gasteiger partial charge in [-0.2, -0.15) is 0 Å². The first-order valence-electron chi connectivity index (χ1n) is 21.3. The fraction of sp³-hybridized carbons (Fsp3) is 0.0508. The molecule has 292 valence electrons. The topological polar surface area (TPSA) is 38.9 Å². The van der Waals surface area contributed by atoms with E-state index in [1.54, 1.807) is 0 Å². The second-order valence-electron chi connectivity index (χ2n) is 16.9. The fourth-order valence-corrected chi connectivity index (χ4v) is 9.81. The van der Waals surface area contributed by atoms with Crippen LogP contribution >= 0.6 is 0 Å². The summed E-state index contributed by atoms with van der Waals surface area (Å²) >= 11 is 0. The molecule has 1 aliphatic carbocycles. The van der Waals surface area contributed by atoms with Crippen LogP contribution in [0, 0.1) is 0 Å². The zero-order valence-corrected chi connectivity index (χ0v) is 34.4. The summed E-state index contributed by atoms with van der Waals surface area (Å²) in [6, 6.07) is 73.6. The van der Waals surface area contributed by atoms with E-state index < -0.39 is 0 Å². The van der Waals surface area contributed by atoms with Crippen molar-refractivity contribution in [1.29, 1.82) is 0 Å². The van der Waals surface area contributed by atoms with E-state index in [-0.39, 0.29) is 5.41 Å². The van der Waals surface area contributed by atoms with Crippen molar-refractivity contribution in [2.75, 3.05) is 0 Å². The number of nitrogens with zero attached hydrogens (tertiary/aromatic N) is 2. The normalized spacial score (nSPS) is 12.8. The van der Waals surface area contributed by atoms with Crippen LogP contribution in [0.2, 0.25) is 0 Å². The van der Waals surface area contributed by atoms with Crippen molar-refractivity contribution in [2.24, 2.45) is 0 Å². The first-order valence-corrected chi connectivity index (χ1v) is 21.3. The maximum atomic E-state index is 6.58. The summed E-state index contributed by atoms with van der Waals surface area (Å²) in [7, 11) is 0. The summed E-state index contributed by atoms with van der Waals surface area (Å²) in [5, 5.41) is 4.71. The Morgan fingerprint density at radius 2 is 1.00 bits per heavy atom. The van der Waals surface area contributed by atoms with Crippen LogP contribution in [-0.4, -0.2) is 9.97 Å². The number of furan rings is 1. The van der Waals surface area contributed by atoms with E-state index in [0.29, 0.717) is 5.82 Å². The Bertz CT molecular complexity index is 3540. The highest BCUT2D eigenvalue weighted by Gasteiger charge is 2.37. The molecule has 12 rings (SSSR count). The Kier molecular flexibility index (Phi) is 8.20. The predicted molar refractivity (Wildman–Crippen MR) is 257 cm³/mol. The Labute approximate surface area is 360 Å². The molecule has 9 aromatic carbocycles. The van der Waals surface area contributed by atoms with Crippen molar-refractivity contribution in [3.8, 4) is 78.4 Å². The largest absolute Gasteiger partial charge is 0.456 e. The summed E-state index contributed by atoms with van der Waals surface area (Å²) in [5.74, 6) is 0.679. The van der Waals surface area contributed by atoms with Crippen molar-refractivity contribution in [3.63, 3.8) is 0 Å². The summed E-state index contributed by atoms with van der Waals surface area (Å²) in [4.78, 5) is 10.7. The monoisotopic (exact) mass is 792 g/mol. The molecular formula is C59H40N2O. The molecule has 2 aromatic heterocycles. The molecular weight excluding hydrogens is 753 g/mol. The molecule has 0 bridgehead atoms. The lowest BCUT2D eigenvalue weighted by molar-refractivity contribution is 0.661. The minimum absolute atomic E-state index is 0.128. The number of para-hydroxylation sites is 1. The Morgan fingerprint density at radius 3 is 1.82 bits per heavy atom. The molecule has 0 aliphatic heterocycles. The summed E-state index contributed by atoms with van der Waals surface area (Å²) in [6.45, 7) is 4.71. The van der Waals surface area contributed by atoms with Gasteiger partial charge >= 0.3 is 0 Å². The molecule has 2 heterocycles. The van der Waals surface area contributed by atoms with Gasteiger partial charge in [-0.1, -0.05) is 178 Å². The van der Waals surface area contributed by atoms with Crippen LogP contribution in [0.3, 0.4) is 0 Å². The van der Waals surface area contributed by atoms with E-state index in [0.717, 1.165) is 77.8 Å². The molecule has 0 saturated carbocycles. The van der Waals surface area contributed by atoms with Crippen LogP contribution in [0.25, 0.3) is 111 Å². The molecule has 0 radical (unpaired) electrons. The van der Waals surface area contributed by atoms with Gasteiger partial charge in [0, 0.05) is 32.9 Å². The van der Waals surface area contributed by atoms with Gasteiger partial charge in [0.1, 0.15) is 11.2 Å². The summed E-state index contributed by atoms with van der Waals surface area (Å²) in [6.07, 6.45) is 0. The molecule has 0 fully saturated rings. The second kappa shape index (κ2) is 14.1. The number of hydrogen-bond donors (Lipinski definition) is 0. The maximum absolute atomic E-state index is 6.58. The lowest BCUT2D eigenvalue weighted by Crippen LogP contribution is -2.14. The standard InChI is InChI=1S/C59H40N2O/c1-59(2)50-29-16-28-44(56(50)49-32-39-21-9-10-22-40(39)34-51(49)59)41-23-15-24-42(31-41)52-36-53(61-58(60-52)38-19-7-4-8-20-38)46-26-12-11-25-45(46)48-33-43(37-17-5-3-6-18-37)35-55-57(48)47-27-13-14-30-54(47)62-55/h3-36H,1-2H3. The molecule has 0 atom stereocenters. The van der Waals surface area contributed by atoms with Crippen molar-refractivity contribution in [1.82, 2.24) is 9.97 Å². The van der Waals surface area contributed by atoms with Gasteiger partial charge < -0.3 is 4.42 Å². The van der Waals surface area contributed by atoms with Gasteiger partial charge in [0.2, 0.25) is 0 Å². The SMILES string of the molecule is CC1(C)c2cc3ccccc3cc2-c2c(-c3cccc(-c4cc(-c5ccccc5-c5cc(-c6ccccc6)cc6oc7ccccc7c56)nc(-c5ccccc5)n4)c3)cccc21. The van der Waals surface area contributed by atoms with Crippen LogP contribution in [0.15, 0.2) is 211 Å². The van der Waals surface area contributed by atoms with Crippen LogP contribution < -0.4 is 0 Å². The molecule has 11 aromatic rings. The minimum atomic E-state index is -0.128. The highest BCUT2D eigenvalue weighted by molar-refractivity contribution is 6.15. The van der Waals surface area contributed by atoms with E-state index >= 15 is 0 Å². The molecule has 0 spiro atoms. The van der Waals surface area contributed by atoms with E-state index in [4.69, 9.17) is 14.4 Å². The average Bonchev–Trinajstić information content (AvgIpc) is 3.82. The molecule has 0 unspecified atom stereocenters. The molecule has 3 heteroatoms. The molecule has 62 heavy (non-hydrogen) atoms. The first-order chi connectivity index (χ1) is 30.5. The zero-order chi connectivity index (χ0) is 41.4. The average molecular weight is 793 g/mol. The van der Waals surface area contributed by atoms with Gasteiger partial charge in [0.25, 0.3) is 0 Å². The van der Waals surface area contributed by atoms with Crippen LogP contribution in [0.1, 0.15) is 25.0 Å². The number of hydrogen-bond acceptors (Lipinski definition) is 3. The number of rotatable bonds is 6. The minimum Gasteiger partial charge on any atom is -0.456 e. The van der Waals surface area contributed by atoms with Crippen molar-refractivity contribution >= 4 is 32.7 Å². The quantitative estimate of drug-likeness (QED) is 0.168. The van der Waals surface area contributed by atoms with Crippen molar-refractivity contribution < 1.29 is 4.42 Å². The molecule has 1 aliphatic rings. The van der Waals surface area contributed by atoms with Gasteiger partial charge in [0.05, 0.1) is 11.4 Å². The Balaban J connectivity index is 1.05. The number of aromatic nitrogens is 2. The fourth-order valence-electron chi connectivity index (χ4n) is 9.81. The van der Waals surface area contributed by atoms with Crippen LogP contribution in [0.5, 0.6) is 0 Å². The predicted octanol–water partition coefficient (Wildman–Crippen LogP) is 15.8. The Morgan fingerprint density at radius 1 is 0.371 bits per heavy atom. The summed E-state index contributed by atoms with van der Waals surface area (Å²) < 4.78 is 6.58. The highest BCUT2D eigenvalue weighted by Crippen LogP contribution is 2.53. The van der Waals surface area contributed by atoms with Gasteiger partial charge in [0.15, 0.2) is 5.82 Å². The van der Waals surface area contributed by atoms with E-state index in [1.807, 2.05) is 24.3 Å². The molecule has 0 N–H and O–H groups in total. The highest BCUT2D eigenvalue weighted by atomic mass is 16.3. The third-order valence-corrected chi connectivity index (χ3v) is 12.9. The summed E-state index contributed by atoms with van der Waals surface area (Å²) in [5.41, 5.74) is 18.5. The zero-order valence-electron chi connectivity index (χ0n) is 34.4. The van der Waals surface area contributed by atoms with Crippen LogP contribution in [-0.2, 0) is 5.41 Å². The lowest BCUT2D eigenvalue weighted by atomic mass is 9.81. The van der Waals surface area contributed by atoms with E-state index in [9.17, 15) is 0 Å². The third kappa shape index (κ3) is 5.81. The van der Waals surface area contributed by atoms with Gasteiger partial charge in [-0.15, -0.1) is 0 Å². The third-order valence-electron chi connectivity index (χ3n) is 12.9. The molecule has 0 saturated heterocycles. The maximum Gasteiger partial charge on any atom is 0.160 e. The van der Waals surface area contributed by atoms with Crippen molar-refractivity contribution in [3.05, 3.63) is 217 Å².